The third-order valence-electron chi connectivity index (χ3n) is 1.76. The standard InChI is InChI=1S/C10H11Br2N3OS/c1-2-13-10(17)15-14-5-6-3-7(11)9(16)8(12)4-6/h3-5,16H,2H2,1H3,(H2,13,15,17)/b14-5-. The second-order valence-corrected chi connectivity index (χ2v) is 5.18. The lowest BCUT2D eigenvalue weighted by atomic mass is 10.2. The molecule has 0 amide bonds. The molecule has 0 spiro atoms. The van der Waals surface area contributed by atoms with Crippen molar-refractivity contribution >= 4 is 55.4 Å². The molecule has 1 rings (SSSR count). The fourth-order valence-electron chi connectivity index (χ4n) is 1.03. The fourth-order valence-corrected chi connectivity index (χ4v) is 2.44. The average molecular weight is 381 g/mol. The number of nitrogens with one attached hydrogen (secondary N) is 2. The summed E-state index contributed by atoms with van der Waals surface area (Å²) in [5, 5.41) is 16.9. The van der Waals surface area contributed by atoms with E-state index in [2.05, 4.69) is 47.7 Å². The summed E-state index contributed by atoms with van der Waals surface area (Å²) in [7, 11) is 0. The van der Waals surface area contributed by atoms with E-state index in [0.717, 1.165) is 12.1 Å². The van der Waals surface area contributed by atoms with Crippen LogP contribution in [0.25, 0.3) is 0 Å². The summed E-state index contributed by atoms with van der Waals surface area (Å²) >= 11 is 11.4. The van der Waals surface area contributed by atoms with Crippen molar-refractivity contribution in [3.8, 4) is 5.75 Å². The summed E-state index contributed by atoms with van der Waals surface area (Å²) in [5.41, 5.74) is 3.51. The summed E-state index contributed by atoms with van der Waals surface area (Å²) in [6.07, 6.45) is 1.61. The van der Waals surface area contributed by atoms with Crippen molar-refractivity contribution in [2.75, 3.05) is 6.54 Å². The Kier molecular flexibility index (Phi) is 5.87. The largest absolute Gasteiger partial charge is 0.506 e. The van der Waals surface area contributed by atoms with Gasteiger partial charge < -0.3 is 10.4 Å². The normalized spacial score (nSPS) is 10.5. The zero-order valence-corrected chi connectivity index (χ0v) is 13.0. The lowest BCUT2D eigenvalue weighted by Crippen LogP contribution is -2.31. The number of rotatable bonds is 3. The smallest absolute Gasteiger partial charge is 0.186 e. The molecular formula is C10H11Br2N3OS. The van der Waals surface area contributed by atoms with Gasteiger partial charge in [0.15, 0.2) is 5.11 Å². The predicted octanol–water partition coefficient (Wildman–Crippen LogP) is 2.74. The number of phenols is 1. The summed E-state index contributed by atoms with van der Waals surface area (Å²) < 4.78 is 1.20. The van der Waals surface area contributed by atoms with Crippen LogP contribution >= 0.6 is 44.1 Å². The van der Waals surface area contributed by atoms with Crippen molar-refractivity contribution in [2.24, 2.45) is 5.10 Å². The van der Waals surface area contributed by atoms with Crippen molar-refractivity contribution < 1.29 is 5.11 Å². The van der Waals surface area contributed by atoms with Crippen LogP contribution in [-0.2, 0) is 0 Å². The van der Waals surface area contributed by atoms with Gasteiger partial charge in [0.2, 0.25) is 0 Å². The molecule has 4 nitrogen and oxygen atoms in total. The van der Waals surface area contributed by atoms with Gasteiger partial charge >= 0.3 is 0 Å². The van der Waals surface area contributed by atoms with E-state index in [0.29, 0.717) is 14.1 Å². The van der Waals surface area contributed by atoms with E-state index in [-0.39, 0.29) is 5.75 Å². The van der Waals surface area contributed by atoms with Crippen molar-refractivity contribution in [1.29, 1.82) is 0 Å². The number of hydrazone groups is 1. The van der Waals surface area contributed by atoms with E-state index in [1.54, 1.807) is 18.3 Å². The van der Waals surface area contributed by atoms with Crippen LogP contribution in [0.5, 0.6) is 5.75 Å². The molecule has 7 heteroatoms. The molecule has 17 heavy (non-hydrogen) atoms. The lowest BCUT2D eigenvalue weighted by molar-refractivity contribution is 0.468. The molecule has 0 heterocycles. The molecule has 0 unspecified atom stereocenters. The number of halogens is 2. The van der Waals surface area contributed by atoms with Crippen LogP contribution < -0.4 is 10.7 Å². The first kappa shape index (κ1) is 14.4. The Labute approximate surface area is 122 Å². The molecule has 0 saturated carbocycles. The van der Waals surface area contributed by atoms with Gasteiger partial charge in [-0.1, -0.05) is 0 Å². The minimum Gasteiger partial charge on any atom is -0.506 e. The van der Waals surface area contributed by atoms with Gasteiger partial charge in [-0.25, -0.2) is 0 Å². The number of thiocarbonyl (C=S) groups is 1. The SMILES string of the molecule is CCNC(=S)N/N=C\c1cc(Br)c(O)c(Br)c1. The van der Waals surface area contributed by atoms with E-state index in [4.69, 9.17) is 12.2 Å². The van der Waals surface area contributed by atoms with Gasteiger partial charge in [0.1, 0.15) is 5.75 Å². The van der Waals surface area contributed by atoms with Crippen LogP contribution in [0.4, 0.5) is 0 Å². The van der Waals surface area contributed by atoms with Gasteiger partial charge in [-0.05, 0) is 68.7 Å². The Hall–Kier alpha value is -0.660. The molecule has 0 atom stereocenters. The Morgan fingerprint density at radius 3 is 2.59 bits per heavy atom. The minimum atomic E-state index is 0.165. The average Bonchev–Trinajstić information content (AvgIpc) is 2.26. The maximum atomic E-state index is 9.53. The summed E-state index contributed by atoms with van der Waals surface area (Å²) in [4.78, 5) is 0. The van der Waals surface area contributed by atoms with Crippen LogP contribution in [0.3, 0.4) is 0 Å². The van der Waals surface area contributed by atoms with Crippen LogP contribution in [0.2, 0.25) is 0 Å². The number of hydrogen-bond donors (Lipinski definition) is 3. The highest BCUT2D eigenvalue weighted by Crippen LogP contribution is 2.32. The fraction of sp³-hybridized carbons (Fsp3) is 0.200. The summed E-state index contributed by atoms with van der Waals surface area (Å²) in [6, 6.07) is 3.50. The number of phenolic OH excluding ortho intramolecular Hbond substituents is 1. The van der Waals surface area contributed by atoms with E-state index in [9.17, 15) is 5.11 Å². The van der Waals surface area contributed by atoms with E-state index < -0.39 is 0 Å². The minimum absolute atomic E-state index is 0.165. The molecular weight excluding hydrogens is 370 g/mol. The topological polar surface area (TPSA) is 56.7 Å². The molecule has 0 fully saturated rings. The maximum absolute atomic E-state index is 9.53. The molecule has 0 aliphatic heterocycles. The molecule has 1 aromatic carbocycles. The van der Waals surface area contributed by atoms with Crippen LogP contribution in [0, 0.1) is 0 Å². The second kappa shape index (κ2) is 6.93. The highest BCUT2D eigenvalue weighted by atomic mass is 79.9. The van der Waals surface area contributed by atoms with Crippen molar-refractivity contribution in [1.82, 2.24) is 10.7 Å². The first-order chi connectivity index (χ1) is 8.04. The third-order valence-corrected chi connectivity index (χ3v) is 3.20. The number of hydrogen-bond acceptors (Lipinski definition) is 3. The Balaban J connectivity index is 2.69. The number of nitrogens with zero attached hydrogens (tertiary/aromatic N) is 1. The molecule has 1 aromatic rings. The first-order valence-corrected chi connectivity index (χ1v) is 6.79. The first-order valence-electron chi connectivity index (χ1n) is 4.79. The molecule has 0 bridgehead atoms. The van der Waals surface area contributed by atoms with Gasteiger partial charge in [0.25, 0.3) is 0 Å². The highest BCUT2D eigenvalue weighted by molar-refractivity contribution is 9.11. The highest BCUT2D eigenvalue weighted by Gasteiger charge is 2.04. The number of benzene rings is 1. The van der Waals surface area contributed by atoms with Crippen LogP contribution in [0.15, 0.2) is 26.2 Å². The molecule has 0 aliphatic carbocycles. The monoisotopic (exact) mass is 379 g/mol. The van der Waals surface area contributed by atoms with Crippen molar-refractivity contribution in [3.05, 3.63) is 26.6 Å². The predicted molar refractivity (Wildman–Crippen MR) is 80.5 cm³/mol. The van der Waals surface area contributed by atoms with Crippen LogP contribution in [0.1, 0.15) is 12.5 Å². The molecule has 3 N–H and O–H groups in total. The van der Waals surface area contributed by atoms with Crippen LogP contribution in [-0.4, -0.2) is 23.0 Å². The lowest BCUT2D eigenvalue weighted by Gasteiger charge is -2.04. The van der Waals surface area contributed by atoms with E-state index in [1.807, 2.05) is 6.92 Å². The maximum Gasteiger partial charge on any atom is 0.186 e. The molecule has 92 valence electrons. The van der Waals surface area contributed by atoms with Crippen molar-refractivity contribution in [3.63, 3.8) is 0 Å². The van der Waals surface area contributed by atoms with Gasteiger partial charge in [0.05, 0.1) is 15.2 Å². The Morgan fingerprint density at radius 2 is 2.06 bits per heavy atom. The summed E-state index contributed by atoms with van der Waals surface area (Å²) in [5.74, 6) is 0.165. The zero-order chi connectivity index (χ0) is 12.8. The third kappa shape index (κ3) is 4.61. The molecule has 0 aromatic heterocycles. The van der Waals surface area contributed by atoms with E-state index >= 15 is 0 Å². The Bertz CT molecular complexity index is 428. The van der Waals surface area contributed by atoms with Gasteiger partial charge in [-0.3, -0.25) is 5.43 Å². The quantitative estimate of drug-likeness (QED) is 0.428. The molecule has 0 saturated heterocycles. The van der Waals surface area contributed by atoms with Gasteiger partial charge in [0, 0.05) is 6.54 Å². The van der Waals surface area contributed by atoms with Crippen molar-refractivity contribution in [2.45, 2.75) is 6.92 Å². The molecule has 0 aliphatic rings. The molecule has 0 radical (unpaired) electrons. The Morgan fingerprint density at radius 1 is 1.47 bits per heavy atom. The summed E-state index contributed by atoms with van der Waals surface area (Å²) in [6.45, 7) is 2.70. The van der Waals surface area contributed by atoms with Gasteiger partial charge in [-0.2, -0.15) is 5.10 Å². The number of aromatic hydroxyl groups is 1. The second-order valence-electron chi connectivity index (χ2n) is 3.06. The van der Waals surface area contributed by atoms with Gasteiger partial charge in [-0.15, -0.1) is 0 Å². The van der Waals surface area contributed by atoms with E-state index in [1.165, 1.54) is 0 Å². The zero-order valence-electron chi connectivity index (χ0n) is 9.00.